The normalized spacial score (nSPS) is 11.3. The van der Waals surface area contributed by atoms with Crippen molar-refractivity contribution in [3.05, 3.63) is 60.2 Å². The van der Waals surface area contributed by atoms with Crippen molar-refractivity contribution in [2.75, 3.05) is 0 Å². The zero-order chi connectivity index (χ0) is 24.8. The molecule has 2 heteroatoms. The van der Waals surface area contributed by atoms with Crippen LogP contribution in [0.2, 0.25) is 0 Å². The molecule has 2 aromatic rings. The van der Waals surface area contributed by atoms with Gasteiger partial charge in [-0.05, 0) is 43.2 Å². The summed E-state index contributed by atoms with van der Waals surface area (Å²) in [5.74, 6) is 0. The van der Waals surface area contributed by atoms with Gasteiger partial charge in [0.15, 0.2) is 24.8 Å². The van der Waals surface area contributed by atoms with Gasteiger partial charge in [0, 0.05) is 37.1 Å². The summed E-state index contributed by atoms with van der Waals surface area (Å²) in [6.45, 7) is 6.91. The Morgan fingerprint density at radius 3 is 1.06 bits per heavy atom. The average Bonchev–Trinajstić information content (AvgIpc) is 2.89. The van der Waals surface area contributed by atoms with Crippen LogP contribution in [-0.2, 0) is 25.9 Å². The molecular weight excluding hydrogens is 424 g/mol. The Morgan fingerprint density at radius 2 is 0.714 bits per heavy atom. The molecule has 0 aromatic carbocycles. The molecule has 2 nitrogen and oxygen atoms in total. The van der Waals surface area contributed by atoms with Crippen LogP contribution in [0.15, 0.2) is 49.1 Å². The van der Waals surface area contributed by atoms with Gasteiger partial charge in [0.1, 0.15) is 13.1 Å². The third-order valence-electron chi connectivity index (χ3n) is 7.39. The summed E-state index contributed by atoms with van der Waals surface area (Å²) in [5, 5.41) is 0. The van der Waals surface area contributed by atoms with E-state index in [1.807, 2.05) is 0 Å². The Labute approximate surface area is 218 Å². The zero-order valence-corrected chi connectivity index (χ0v) is 23.4. The van der Waals surface area contributed by atoms with E-state index >= 15 is 0 Å². The van der Waals surface area contributed by atoms with Crippen molar-refractivity contribution in [2.24, 2.45) is 0 Å². The van der Waals surface area contributed by atoms with Crippen LogP contribution in [0.1, 0.15) is 134 Å². The monoisotopic (exact) mass is 480 g/mol. The summed E-state index contributed by atoms with van der Waals surface area (Å²) in [6, 6.07) is 9.31. The van der Waals surface area contributed by atoms with Gasteiger partial charge in [0.25, 0.3) is 0 Å². The molecule has 0 saturated heterocycles. The van der Waals surface area contributed by atoms with Gasteiger partial charge in [-0.1, -0.05) is 90.9 Å². The highest BCUT2D eigenvalue weighted by Gasteiger charge is 2.04. The third-order valence-corrected chi connectivity index (χ3v) is 7.39. The summed E-state index contributed by atoms with van der Waals surface area (Å²) >= 11 is 0. The van der Waals surface area contributed by atoms with Gasteiger partial charge >= 0.3 is 0 Å². The molecule has 0 N–H and O–H groups in total. The smallest absolute Gasteiger partial charge is 0.169 e. The Morgan fingerprint density at radius 1 is 0.400 bits per heavy atom. The van der Waals surface area contributed by atoms with Crippen molar-refractivity contribution in [2.45, 2.75) is 149 Å². The topological polar surface area (TPSA) is 7.76 Å². The third kappa shape index (κ3) is 15.1. The van der Waals surface area contributed by atoms with Crippen molar-refractivity contribution in [1.82, 2.24) is 0 Å². The number of nitrogens with zero attached hydrogens (tertiary/aromatic N) is 2. The predicted molar refractivity (Wildman–Crippen MR) is 151 cm³/mol. The van der Waals surface area contributed by atoms with Crippen LogP contribution in [-0.4, -0.2) is 0 Å². The second-order valence-electron chi connectivity index (χ2n) is 10.7. The van der Waals surface area contributed by atoms with Gasteiger partial charge in [-0.3, -0.25) is 0 Å². The Balaban J connectivity index is 1.51. The fraction of sp³-hybridized carbons (Fsp3) is 0.697. The quantitative estimate of drug-likeness (QED) is 0.118. The SMILES string of the molecule is CCCCCCCCCC[n+]1ccc(CCCc2cc[n+](CCCCCCCCCC)cc2)cc1. The predicted octanol–water partition coefficient (Wildman–Crippen LogP) is 8.72. The summed E-state index contributed by atoms with van der Waals surface area (Å²) in [5.41, 5.74) is 2.94. The number of aryl methyl sites for hydroxylation is 4. The first-order chi connectivity index (χ1) is 17.3. The number of unbranched alkanes of at least 4 members (excludes halogenated alkanes) is 14. The van der Waals surface area contributed by atoms with E-state index in [-0.39, 0.29) is 0 Å². The number of pyridine rings is 2. The van der Waals surface area contributed by atoms with E-state index in [0.29, 0.717) is 0 Å². The molecule has 2 heterocycles. The van der Waals surface area contributed by atoms with Gasteiger partial charge in [-0.15, -0.1) is 0 Å². The van der Waals surface area contributed by atoms with Crippen LogP contribution in [0.5, 0.6) is 0 Å². The molecule has 2 rings (SSSR count). The van der Waals surface area contributed by atoms with Gasteiger partial charge in [-0.25, -0.2) is 9.13 Å². The second-order valence-corrected chi connectivity index (χ2v) is 10.7. The van der Waals surface area contributed by atoms with E-state index in [2.05, 4.69) is 72.0 Å². The first kappa shape index (κ1) is 29.5. The van der Waals surface area contributed by atoms with E-state index in [4.69, 9.17) is 0 Å². The maximum atomic E-state index is 2.36. The Hall–Kier alpha value is -1.70. The lowest BCUT2D eigenvalue weighted by Crippen LogP contribution is -2.32. The van der Waals surface area contributed by atoms with Crippen LogP contribution in [0.25, 0.3) is 0 Å². The van der Waals surface area contributed by atoms with Crippen LogP contribution in [0.3, 0.4) is 0 Å². The molecule has 0 amide bonds. The first-order valence-corrected chi connectivity index (χ1v) is 15.3. The van der Waals surface area contributed by atoms with E-state index in [1.54, 1.807) is 0 Å². The highest BCUT2D eigenvalue weighted by atomic mass is 14.9. The molecule has 0 aliphatic heterocycles. The van der Waals surface area contributed by atoms with Crippen LogP contribution >= 0.6 is 0 Å². The molecule has 2 aromatic heterocycles. The Bertz CT molecular complexity index is 656. The number of hydrogen-bond donors (Lipinski definition) is 0. The van der Waals surface area contributed by atoms with E-state index in [0.717, 1.165) is 13.1 Å². The van der Waals surface area contributed by atoms with Crippen molar-refractivity contribution >= 4 is 0 Å². The highest BCUT2D eigenvalue weighted by Crippen LogP contribution is 2.10. The molecule has 196 valence electrons. The molecule has 0 fully saturated rings. The molecule has 0 unspecified atom stereocenters. The molecule has 0 atom stereocenters. The van der Waals surface area contributed by atoms with Crippen molar-refractivity contribution < 1.29 is 9.13 Å². The largest absolute Gasteiger partial charge is 0.205 e. The maximum Gasteiger partial charge on any atom is 0.169 e. The number of aromatic nitrogens is 2. The van der Waals surface area contributed by atoms with Crippen LogP contribution in [0, 0.1) is 0 Å². The van der Waals surface area contributed by atoms with Crippen molar-refractivity contribution in [3.63, 3.8) is 0 Å². The number of rotatable bonds is 22. The average molecular weight is 481 g/mol. The molecule has 0 aliphatic rings. The Kier molecular flexibility index (Phi) is 17.3. The van der Waals surface area contributed by atoms with E-state index in [1.165, 1.54) is 133 Å². The maximum absolute atomic E-state index is 2.36. The lowest BCUT2D eigenvalue weighted by atomic mass is 10.1. The van der Waals surface area contributed by atoms with Gasteiger partial charge in [0.2, 0.25) is 0 Å². The lowest BCUT2D eigenvalue weighted by molar-refractivity contribution is -0.697. The standard InChI is InChI=1S/C33H56N2/c1-3-5-7-9-11-13-15-17-26-34-28-22-32(23-29-34)20-19-21-33-24-30-35(31-25-33)27-18-16-14-12-10-8-6-4-2/h22-25,28-31H,3-21,26-27H2,1-2H3/q+2. The lowest BCUT2D eigenvalue weighted by Gasteiger charge is -2.03. The van der Waals surface area contributed by atoms with Crippen LogP contribution < -0.4 is 9.13 Å². The molecular formula is C33H56N2+2. The van der Waals surface area contributed by atoms with Crippen LogP contribution in [0.4, 0.5) is 0 Å². The molecule has 0 bridgehead atoms. The van der Waals surface area contributed by atoms with Gasteiger partial charge < -0.3 is 0 Å². The first-order valence-electron chi connectivity index (χ1n) is 15.3. The summed E-state index contributed by atoms with van der Waals surface area (Å²) in [7, 11) is 0. The molecule has 0 saturated carbocycles. The van der Waals surface area contributed by atoms with E-state index < -0.39 is 0 Å². The van der Waals surface area contributed by atoms with Crippen molar-refractivity contribution in [1.29, 1.82) is 0 Å². The fourth-order valence-corrected chi connectivity index (χ4v) is 4.96. The molecule has 0 spiro atoms. The minimum atomic E-state index is 1.16. The molecule has 0 radical (unpaired) electrons. The highest BCUT2D eigenvalue weighted by molar-refractivity contribution is 5.10. The fourth-order valence-electron chi connectivity index (χ4n) is 4.96. The summed E-state index contributed by atoms with van der Waals surface area (Å²) in [4.78, 5) is 0. The molecule has 35 heavy (non-hydrogen) atoms. The van der Waals surface area contributed by atoms with E-state index in [9.17, 15) is 0 Å². The number of hydrogen-bond acceptors (Lipinski definition) is 0. The summed E-state index contributed by atoms with van der Waals surface area (Å²) in [6.07, 6.45) is 34.9. The van der Waals surface area contributed by atoms with Gasteiger partial charge in [0.05, 0.1) is 0 Å². The van der Waals surface area contributed by atoms with Crippen molar-refractivity contribution in [3.8, 4) is 0 Å². The minimum Gasteiger partial charge on any atom is -0.205 e. The molecule has 0 aliphatic carbocycles. The second kappa shape index (κ2) is 20.5. The summed E-state index contributed by atoms with van der Waals surface area (Å²) < 4.78 is 4.73. The van der Waals surface area contributed by atoms with Gasteiger partial charge in [-0.2, -0.15) is 0 Å². The zero-order valence-electron chi connectivity index (χ0n) is 23.4. The minimum absolute atomic E-state index is 1.16.